The summed E-state index contributed by atoms with van der Waals surface area (Å²) in [6.45, 7) is 7.84. The first-order chi connectivity index (χ1) is 36.7. The number of aliphatic hydroxyl groups is 1. The number of benzene rings is 2. The van der Waals surface area contributed by atoms with Crippen molar-refractivity contribution in [3.05, 3.63) is 128 Å². The van der Waals surface area contributed by atoms with Crippen molar-refractivity contribution in [2.24, 2.45) is 18.0 Å². The highest BCUT2D eigenvalue weighted by Gasteiger charge is 2.48. The Morgan fingerprint density at radius 1 is 1.06 bits per heavy atom. The number of hydrogen-bond acceptors (Lipinski definition) is 15. The lowest BCUT2D eigenvalue weighted by molar-refractivity contribution is -0.134. The minimum absolute atomic E-state index is 0.0259. The van der Waals surface area contributed by atoms with Crippen LogP contribution in [-0.4, -0.2) is 105 Å². The third-order valence-electron chi connectivity index (χ3n) is 14.4. The molecule has 0 saturated carbocycles. The molecule has 1 fully saturated rings. The van der Waals surface area contributed by atoms with Gasteiger partial charge in [-0.2, -0.15) is 0 Å². The zero-order valence-electron chi connectivity index (χ0n) is 43.0. The molecule has 3 aliphatic heterocycles. The van der Waals surface area contributed by atoms with Gasteiger partial charge in [0.1, 0.15) is 23.1 Å². The van der Waals surface area contributed by atoms with E-state index in [-0.39, 0.29) is 95.7 Å². The number of aliphatic imine (C=N–C) groups is 1. The minimum Gasteiger partial charge on any atom is -0.476 e. The van der Waals surface area contributed by atoms with E-state index in [4.69, 9.17) is 14.3 Å². The summed E-state index contributed by atoms with van der Waals surface area (Å²) in [5.74, 6) is -4.17. The monoisotopic (exact) mass is 1090 g/mol. The molecule has 3 amide bonds. The molecule has 77 heavy (non-hydrogen) atoms. The van der Waals surface area contributed by atoms with E-state index in [2.05, 4.69) is 30.7 Å². The first-order valence-corrected chi connectivity index (χ1v) is 28.0. The number of aromatic nitrogens is 5. The molecular weight excluding hydrogens is 1030 g/mol. The Bertz CT molecular complexity index is 3680. The summed E-state index contributed by atoms with van der Waals surface area (Å²) in [5, 5.41) is 21.3. The van der Waals surface area contributed by atoms with E-state index in [0.717, 1.165) is 28.6 Å². The standard InChI is InChI=1S/C54H56F2N10O9S2/c1-28(2)44(51(69)66-24-35(67)18-41(66)48-61-53(71)54(4,62-48)33-12-10-30(11-13-33)47-29(3)60-27-76-47)42-20-43(63-75-42)74-15-9-7-8-14-57-50(68)36-19-40-37(16-31(36)26-77(6,72)73)38-25-64(5)52(70)46-45(38)32(21-58-46)23-65(40)49-39(56)17-34(55)22-59-49/h10-13,16-17,19-22,25,27-28,35,41,44,58,67H,7-9,14-15,18,23-24,26H2,1-6H3,(H,57,68)(H,61,62,71)/t35-,41-,44+,54?/m1/s1. The van der Waals surface area contributed by atoms with Crippen molar-refractivity contribution >= 4 is 67.1 Å². The molecule has 8 heterocycles. The number of fused-ring (bicyclic) bond motifs is 2. The average Bonchev–Trinajstić information content (AvgIpc) is 4.34. The first kappa shape index (κ1) is 52.8. The van der Waals surface area contributed by atoms with Crippen LogP contribution in [0.5, 0.6) is 5.88 Å². The molecule has 0 spiro atoms. The number of ether oxygens (including phenoxy) is 1. The molecule has 0 aliphatic carbocycles. The van der Waals surface area contributed by atoms with Crippen LogP contribution in [0.15, 0.2) is 86.9 Å². The van der Waals surface area contributed by atoms with Crippen LogP contribution in [0.4, 0.5) is 20.3 Å². The van der Waals surface area contributed by atoms with Gasteiger partial charge in [0.25, 0.3) is 23.3 Å². The molecule has 4 N–H and O–H groups in total. The highest BCUT2D eigenvalue weighted by Crippen LogP contribution is 2.45. The van der Waals surface area contributed by atoms with Crippen LogP contribution in [0.25, 0.3) is 32.5 Å². The van der Waals surface area contributed by atoms with E-state index < -0.39 is 56.7 Å². The number of rotatable bonds is 17. The summed E-state index contributed by atoms with van der Waals surface area (Å²) in [5.41, 5.74) is 5.10. The lowest BCUT2D eigenvalue weighted by atomic mass is 9.91. The summed E-state index contributed by atoms with van der Waals surface area (Å²) in [6.07, 6.45) is 6.12. The van der Waals surface area contributed by atoms with Crippen LogP contribution in [-0.2, 0) is 44.3 Å². The van der Waals surface area contributed by atoms with Gasteiger partial charge >= 0.3 is 0 Å². The zero-order valence-corrected chi connectivity index (χ0v) is 44.7. The number of aromatic amines is 1. The Balaban J connectivity index is 0.783. The molecule has 7 aromatic rings. The molecule has 0 radical (unpaired) electrons. The zero-order chi connectivity index (χ0) is 54.7. The van der Waals surface area contributed by atoms with E-state index in [1.807, 2.05) is 45.0 Å². The number of carbonyl (C=O) groups is 3. The molecule has 3 aliphatic rings. The van der Waals surface area contributed by atoms with E-state index in [9.17, 15) is 37.1 Å². The molecular formula is C54H56F2N10O9S2. The van der Waals surface area contributed by atoms with E-state index in [1.54, 1.807) is 48.9 Å². The highest BCUT2D eigenvalue weighted by molar-refractivity contribution is 7.89. The first-order valence-electron chi connectivity index (χ1n) is 25.1. The molecule has 10 rings (SSSR count). The summed E-state index contributed by atoms with van der Waals surface area (Å²) >= 11 is 1.54. The smallest absolute Gasteiger partial charge is 0.274 e. The number of aliphatic hydroxyl groups excluding tert-OH is 1. The van der Waals surface area contributed by atoms with Gasteiger partial charge in [0, 0.05) is 79.4 Å². The predicted molar refractivity (Wildman–Crippen MR) is 285 cm³/mol. The van der Waals surface area contributed by atoms with Crippen molar-refractivity contribution in [3.8, 4) is 27.4 Å². The number of carbonyl (C=O) groups excluding carboxylic acids is 3. The van der Waals surface area contributed by atoms with Crippen LogP contribution in [0, 0.1) is 24.5 Å². The molecule has 19 nitrogen and oxygen atoms in total. The van der Waals surface area contributed by atoms with Crippen LogP contribution < -0.4 is 25.8 Å². The molecule has 23 heteroatoms. The lowest BCUT2D eigenvalue weighted by Crippen LogP contribution is -2.48. The Morgan fingerprint density at radius 3 is 2.56 bits per heavy atom. The number of halogens is 2. The fourth-order valence-electron chi connectivity index (χ4n) is 10.5. The van der Waals surface area contributed by atoms with Crippen molar-refractivity contribution < 1.29 is 45.9 Å². The fraction of sp³-hybridized carbons (Fsp3) is 0.370. The number of hydrogen-bond donors (Lipinski definition) is 4. The van der Waals surface area contributed by atoms with Gasteiger partial charge in [-0.3, -0.25) is 19.2 Å². The van der Waals surface area contributed by atoms with Gasteiger partial charge in [0.2, 0.25) is 5.91 Å². The number of likely N-dealkylation sites (tertiary alicyclic amines) is 1. The number of nitrogens with zero attached hydrogens (tertiary/aromatic N) is 7. The van der Waals surface area contributed by atoms with Crippen LogP contribution >= 0.6 is 11.3 Å². The number of nitrogens with one attached hydrogen (secondary N) is 3. The Morgan fingerprint density at radius 2 is 1.84 bits per heavy atom. The summed E-state index contributed by atoms with van der Waals surface area (Å²) in [6, 6.07) is 12.2. The predicted octanol–water partition coefficient (Wildman–Crippen LogP) is 6.95. The third-order valence-corrected chi connectivity index (χ3v) is 16.2. The second-order valence-electron chi connectivity index (χ2n) is 20.4. The number of pyridine rings is 2. The fourth-order valence-corrected chi connectivity index (χ4v) is 12.1. The van der Waals surface area contributed by atoms with Gasteiger partial charge in [-0.1, -0.05) is 38.1 Å². The second kappa shape index (κ2) is 20.7. The van der Waals surface area contributed by atoms with Crippen molar-refractivity contribution in [2.45, 2.75) is 89.3 Å². The normalized spacial score (nSPS) is 18.6. The number of aryl methyl sites for hydroxylation is 2. The second-order valence-corrected chi connectivity index (χ2v) is 23.4. The number of amides is 3. The highest BCUT2D eigenvalue weighted by atomic mass is 32.2. The third kappa shape index (κ3) is 10.3. The molecule has 4 atom stereocenters. The van der Waals surface area contributed by atoms with Crippen molar-refractivity contribution in [2.75, 3.05) is 30.9 Å². The number of H-pyrrole nitrogens is 1. The Kier molecular flexibility index (Phi) is 14.2. The minimum atomic E-state index is -3.70. The van der Waals surface area contributed by atoms with Gasteiger partial charge < -0.3 is 44.4 Å². The van der Waals surface area contributed by atoms with Gasteiger partial charge in [-0.25, -0.2) is 32.2 Å². The number of unbranched alkanes of at least 4 members (excludes halogenated alkanes) is 2. The van der Waals surface area contributed by atoms with Gasteiger partial charge in [0.05, 0.1) is 59.0 Å². The van der Waals surface area contributed by atoms with Crippen molar-refractivity contribution in [1.82, 2.24) is 40.2 Å². The molecule has 402 valence electrons. The summed E-state index contributed by atoms with van der Waals surface area (Å²) < 4.78 is 68.4. The average molecular weight is 1090 g/mol. The Labute approximate surface area is 445 Å². The number of anilines is 2. The van der Waals surface area contributed by atoms with E-state index in [0.29, 0.717) is 58.8 Å². The maximum atomic E-state index is 15.6. The number of sulfone groups is 1. The van der Waals surface area contributed by atoms with Crippen molar-refractivity contribution in [3.63, 3.8) is 0 Å². The Hall–Kier alpha value is -7.63. The van der Waals surface area contributed by atoms with E-state index in [1.165, 1.54) is 26.9 Å². The topological polar surface area (TPSA) is 247 Å². The largest absolute Gasteiger partial charge is 0.476 e. The molecule has 0 bridgehead atoms. The van der Waals surface area contributed by atoms with Gasteiger partial charge in [-0.15, -0.1) is 11.3 Å². The van der Waals surface area contributed by atoms with Crippen LogP contribution in [0.2, 0.25) is 0 Å². The lowest BCUT2D eigenvalue weighted by Gasteiger charge is -2.29. The molecule has 5 aromatic heterocycles. The van der Waals surface area contributed by atoms with Crippen LogP contribution in [0.1, 0.15) is 90.9 Å². The van der Waals surface area contributed by atoms with Crippen LogP contribution in [0.3, 0.4) is 0 Å². The molecule has 1 saturated heterocycles. The van der Waals surface area contributed by atoms with E-state index >= 15 is 4.39 Å². The maximum Gasteiger partial charge on any atom is 0.274 e. The van der Waals surface area contributed by atoms with Gasteiger partial charge in [0.15, 0.2) is 32.8 Å². The number of thiazole rings is 1. The molecule has 1 unspecified atom stereocenters. The maximum absolute atomic E-state index is 15.6. The van der Waals surface area contributed by atoms with Crippen molar-refractivity contribution in [1.29, 1.82) is 0 Å². The van der Waals surface area contributed by atoms with Gasteiger partial charge in [-0.05, 0) is 78.6 Å². The molecule has 2 aromatic carbocycles. The number of amidine groups is 1. The summed E-state index contributed by atoms with van der Waals surface area (Å²) in [7, 11) is -2.13. The number of β-amino-alcohol motifs (C(OH)–C–C–N with tert-alkyl or cyclic N) is 1. The quantitative estimate of drug-likeness (QED) is 0.0676. The SMILES string of the molecule is Cc1ncsc1-c1ccc(C2(C)N=C([C@H]3C[C@@H](O)CN3C(=O)[C@H](c3cc(OCCCCCNC(=O)c4cc5c(cc4CS(C)(=O)=O)-c4cn(C)c(=O)c6[nH]cc(c46)CN5c4ncc(F)cc4F)no3)C(C)C)NC2=O)cc1. The summed E-state index contributed by atoms with van der Waals surface area (Å²) in [4.78, 5) is 75.7.